The summed E-state index contributed by atoms with van der Waals surface area (Å²) in [4.78, 5) is 54.2. The second kappa shape index (κ2) is 8.67. The number of amides is 3. The van der Waals surface area contributed by atoms with Gasteiger partial charge in [0.2, 0.25) is 0 Å². The van der Waals surface area contributed by atoms with Gasteiger partial charge in [-0.3, -0.25) is 19.2 Å². The van der Waals surface area contributed by atoms with Gasteiger partial charge in [0.25, 0.3) is 17.7 Å². The molecule has 2 aromatic carbocycles. The first kappa shape index (κ1) is 23.3. The molecule has 0 N–H and O–H groups in total. The lowest BCUT2D eigenvalue weighted by Gasteiger charge is -2.35. The van der Waals surface area contributed by atoms with Crippen LogP contribution in [0.15, 0.2) is 42.5 Å². The highest BCUT2D eigenvalue weighted by Gasteiger charge is 2.63. The summed E-state index contributed by atoms with van der Waals surface area (Å²) in [5.74, 6) is -2.52. The zero-order valence-corrected chi connectivity index (χ0v) is 20.5. The third-order valence-electron chi connectivity index (χ3n) is 7.37. The molecule has 1 saturated heterocycles. The maximum absolute atomic E-state index is 13.7. The molecule has 2 aromatic rings. The van der Waals surface area contributed by atoms with Crippen molar-refractivity contribution in [1.82, 2.24) is 10.0 Å². The summed E-state index contributed by atoms with van der Waals surface area (Å²) in [5, 5.41) is 2.79. The number of ketones is 1. The minimum atomic E-state index is -1.13. The van der Waals surface area contributed by atoms with Crippen LogP contribution in [0.2, 0.25) is 15.1 Å². The van der Waals surface area contributed by atoms with E-state index in [1.165, 1.54) is 25.1 Å². The highest BCUT2D eigenvalue weighted by atomic mass is 35.5. The lowest BCUT2D eigenvalue weighted by molar-refractivity contribution is -0.157. The molecule has 0 aromatic heterocycles. The Labute approximate surface area is 211 Å². The van der Waals surface area contributed by atoms with E-state index < -0.39 is 41.4 Å². The van der Waals surface area contributed by atoms with Crippen molar-refractivity contribution in [1.29, 1.82) is 0 Å². The van der Waals surface area contributed by atoms with Gasteiger partial charge in [0.15, 0.2) is 5.78 Å². The van der Waals surface area contributed by atoms with E-state index in [2.05, 4.69) is 0 Å². The van der Waals surface area contributed by atoms with Gasteiger partial charge < -0.3 is 0 Å². The molecule has 34 heavy (non-hydrogen) atoms. The summed E-state index contributed by atoms with van der Waals surface area (Å²) in [7, 11) is 0. The standard InChI is InChI=1S/C25H21Cl3N2O4/c1-12(22(31)13-4-7-17(26)8-5-13)29(23(32)16-6-9-18(27)19(28)11-16)30-24(33)20-14-2-3-15(10-14)21(20)25(30)34/h4-9,11-12,14-15,20-21H,2-3,10H2,1H3/t12-,14-,15-,20-,21+/m0/s1. The summed E-state index contributed by atoms with van der Waals surface area (Å²) in [6, 6.07) is 9.39. The van der Waals surface area contributed by atoms with Crippen molar-refractivity contribution in [3.05, 3.63) is 68.7 Å². The summed E-state index contributed by atoms with van der Waals surface area (Å²) >= 11 is 18.1. The van der Waals surface area contributed by atoms with E-state index in [9.17, 15) is 19.2 Å². The highest BCUT2D eigenvalue weighted by Crippen LogP contribution is 2.56. The normalized spacial score (nSPS) is 26.1. The Morgan fingerprint density at radius 2 is 1.44 bits per heavy atom. The molecule has 3 fully saturated rings. The molecule has 5 rings (SSSR count). The predicted octanol–water partition coefficient (Wildman–Crippen LogP) is 5.31. The van der Waals surface area contributed by atoms with Crippen molar-refractivity contribution >= 4 is 58.3 Å². The smallest absolute Gasteiger partial charge is 0.273 e. The Hall–Kier alpha value is -2.41. The Balaban J connectivity index is 1.55. The number of hydrazine groups is 1. The van der Waals surface area contributed by atoms with Gasteiger partial charge in [-0.25, -0.2) is 5.01 Å². The average molecular weight is 520 g/mol. The van der Waals surface area contributed by atoms with E-state index in [1.807, 2.05) is 0 Å². The van der Waals surface area contributed by atoms with Gasteiger partial charge >= 0.3 is 0 Å². The van der Waals surface area contributed by atoms with E-state index in [4.69, 9.17) is 34.8 Å². The number of hydrogen-bond donors (Lipinski definition) is 0. The highest BCUT2D eigenvalue weighted by molar-refractivity contribution is 6.42. The van der Waals surface area contributed by atoms with E-state index in [0.29, 0.717) is 10.6 Å². The van der Waals surface area contributed by atoms with Crippen LogP contribution in [-0.4, -0.2) is 39.6 Å². The predicted molar refractivity (Wildman–Crippen MR) is 128 cm³/mol. The van der Waals surface area contributed by atoms with E-state index in [1.54, 1.807) is 24.3 Å². The van der Waals surface area contributed by atoms with Crippen molar-refractivity contribution in [3.63, 3.8) is 0 Å². The lowest BCUT2D eigenvalue weighted by atomic mass is 9.81. The topological polar surface area (TPSA) is 74.8 Å². The molecule has 3 amide bonds. The van der Waals surface area contributed by atoms with Gasteiger partial charge in [-0.2, -0.15) is 5.01 Å². The molecule has 6 nitrogen and oxygen atoms in total. The fraction of sp³-hybridized carbons (Fsp3) is 0.360. The fourth-order valence-electron chi connectivity index (χ4n) is 5.77. The molecule has 2 bridgehead atoms. The van der Waals surface area contributed by atoms with Crippen molar-refractivity contribution in [3.8, 4) is 0 Å². The van der Waals surface area contributed by atoms with Crippen LogP contribution in [0.3, 0.4) is 0 Å². The minimum Gasteiger partial charge on any atom is -0.292 e. The zero-order chi connectivity index (χ0) is 24.3. The van der Waals surface area contributed by atoms with Crippen LogP contribution in [0, 0.1) is 23.7 Å². The Bertz CT molecular complexity index is 1190. The molecular weight excluding hydrogens is 499 g/mol. The summed E-state index contributed by atoms with van der Waals surface area (Å²) in [5.41, 5.74) is 0.425. The summed E-state index contributed by atoms with van der Waals surface area (Å²) in [6.45, 7) is 1.51. The first-order valence-electron chi connectivity index (χ1n) is 11.1. The van der Waals surface area contributed by atoms with E-state index in [0.717, 1.165) is 29.3 Å². The molecular formula is C25H21Cl3N2O4. The van der Waals surface area contributed by atoms with Crippen LogP contribution < -0.4 is 0 Å². The third kappa shape index (κ3) is 3.63. The first-order chi connectivity index (χ1) is 16.2. The van der Waals surface area contributed by atoms with Gasteiger partial charge in [0.1, 0.15) is 6.04 Å². The molecule has 9 heteroatoms. The monoisotopic (exact) mass is 518 g/mol. The molecule has 1 heterocycles. The molecule has 5 atom stereocenters. The molecule has 2 saturated carbocycles. The molecule has 0 unspecified atom stereocenters. The number of nitrogens with zero attached hydrogens (tertiary/aromatic N) is 2. The number of Topliss-reactive ketones (excluding diaryl/α,β-unsaturated/α-hetero) is 1. The number of fused-ring (bicyclic) bond motifs is 5. The maximum Gasteiger partial charge on any atom is 0.273 e. The number of carbonyl (C=O) groups excluding carboxylic acids is 4. The largest absolute Gasteiger partial charge is 0.292 e. The van der Waals surface area contributed by atoms with Crippen molar-refractivity contribution in [2.24, 2.45) is 23.7 Å². The van der Waals surface area contributed by atoms with E-state index >= 15 is 0 Å². The Morgan fingerprint density at radius 1 is 0.882 bits per heavy atom. The van der Waals surface area contributed by atoms with Crippen LogP contribution >= 0.6 is 34.8 Å². The molecule has 3 aliphatic rings. The second-order valence-electron chi connectivity index (χ2n) is 9.20. The number of hydrogen-bond acceptors (Lipinski definition) is 4. The molecule has 2 aliphatic carbocycles. The SMILES string of the molecule is C[C@@H](C(=O)c1ccc(Cl)cc1)N(C(=O)c1ccc(Cl)c(Cl)c1)N1C(=O)[C@@H]2[C@H]3CC[C@@H](C3)[C@@H]2C1=O. The molecule has 1 aliphatic heterocycles. The van der Waals surface area contributed by atoms with Crippen LogP contribution in [0.1, 0.15) is 46.9 Å². The molecule has 0 radical (unpaired) electrons. The third-order valence-corrected chi connectivity index (χ3v) is 8.36. The lowest BCUT2D eigenvalue weighted by Crippen LogP contribution is -2.56. The quantitative estimate of drug-likeness (QED) is 0.396. The number of benzene rings is 2. The number of halogens is 3. The Morgan fingerprint density at radius 3 is 2.00 bits per heavy atom. The van der Waals surface area contributed by atoms with Crippen molar-refractivity contribution in [2.45, 2.75) is 32.2 Å². The number of imide groups is 1. The van der Waals surface area contributed by atoms with Crippen LogP contribution in [-0.2, 0) is 9.59 Å². The van der Waals surface area contributed by atoms with Gasteiger partial charge in [-0.05, 0) is 80.5 Å². The number of carbonyl (C=O) groups is 4. The maximum atomic E-state index is 13.7. The van der Waals surface area contributed by atoms with Gasteiger partial charge in [0.05, 0.1) is 21.9 Å². The number of rotatable bonds is 5. The Kier molecular flexibility index (Phi) is 5.95. The van der Waals surface area contributed by atoms with Crippen molar-refractivity contribution < 1.29 is 19.2 Å². The van der Waals surface area contributed by atoms with E-state index in [-0.39, 0.29) is 27.4 Å². The minimum absolute atomic E-state index is 0.116. The van der Waals surface area contributed by atoms with Crippen LogP contribution in [0.5, 0.6) is 0 Å². The summed E-state index contributed by atoms with van der Waals surface area (Å²) < 4.78 is 0. The zero-order valence-electron chi connectivity index (χ0n) is 18.2. The summed E-state index contributed by atoms with van der Waals surface area (Å²) in [6.07, 6.45) is 2.66. The second-order valence-corrected chi connectivity index (χ2v) is 10.4. The van der Waals surface area contributed by atoms with Gasteiger partial charge in [0, 0.05) is 16.1 Å². The van der Waals surface area contributed by atoms with Crippen molar-refractivity contribution in [2.75, 3.05) is 0 Å². The van der Waals surface area contributed by atoms with Crippen LogP contribution in [0.25, 0.3) is 0 Å². The van der Waals surface area contributed by atoms with Gasteiger partial charge in [-0.1, -0.05) is 34.8 Å². The average Bonchev–Trinajstić information content (AvgIpc) is 3.51. The van der Waals surface area contributed by atoms with Gasteiger partial charge in [-0.15, -0.1) is 0 Å². The molecule has 176 valence electrons. The van der Waals surface area contributed by atoms with Crippen LogP contribution in [0.4, 0.5) is 0 Å². The molecule has 0 spiro atoms. The fourth-order valence-corrected chi connectivity index (χ4v) is 6.20. The first-order valence-corrected chi connectivity index (χ1v) is 12.3.